The molecule has 32 heavy (non-hydrogen) atoms. The van der Waals surface area contributed by atoms with Gasteiger partial charge in [0.05, 0.1) is 6.10 Å². The number of benzene rings is 1. The Labute approximate surface area is 189 Å². The van der Waals surface area contributed by atoms with Crippen molar-refractivity contribution in [1.29, 1.82) is 0 Å². The summed E-state index contributed by atoms with van der Waals surface area (Å²) in [4.78, 5) is 18.9. The number of rotatable bonds is 9. The number of hydrogen-bond donors (Lipinski definition) is 2. The van der Waals surface area contributed by atoms with Gasteiger partial charge in [-0.05, 0) is 48.8 Å². The van der Waals surface area contributed by atoms with E-state index in [1.165, 1.54) is 11.1 Å². The molecule has 0 saturated carbocycles. The van der Waals surface area contributed by atoms with Gasteiger partial charge in [0.2, 0.25) is 5.88 Å². The molecular formula is C25H33N3O4. The van der Waals surface area contributed by atoms with E-state index in [2.05, 4.69) is 39.5 Å². The topological polar surface area (TPSA) is 83.9 Å². The summed E-state index contributed by atoms with van der Waals surface area (Å²) in [6.45, 7) is 4.01. The highest BCUT2D eigenvalue weighted by Crippen LogP contribution is 2.20. The van der Waals surface area contributed by atoms with Crippen LogP contribution in [0.25, 0.3) is 0 Å². The molecule has 7 heteroatoms. The number of nitrogens with zero attached hydrogens (tertiary/aromatic N) is 2. The molecular weight excluding hydrogens is 406 g/mol. The Bertz CT molecular complexity index is 885. The first-order chi connectivity index (χ1) is 15.7. The van der Waals surface area contributed by atoms with Crippen LogP contribution in [-0.4, -0.2) is 66.5 Å². The summed E-state index contributed by atoms with van der Waals surface area (Å²) < 4.78 is 11.0. The molecule has 0 aliphatic carbocycles. The fourth-order valence-corrected chi connectivity index (χ4v) is 4.39. The molecule has 0 radical (unpaired) electrons. The van der Waals surface area contributed by atoms with Crippen LogP contribution in [0.3, 0.4) is 0 Å². The fraction of sp³-hybridized carbons (Fsp3) is 0.520. The lowest BCUT2D eigenvalue weighted by molar-refractivity contribution is -0.123. The summed E-state index contributed by atoms with van der Waals surface area (Å²) in [6, 6.07) is 14.1. The Kier molecular flexibility index (Phi) is 8.09. The van der Waals surface area contributed by atoms with E-state index in [1.54, 1.807) is 6.07 Å². The highest BCUT2D eigenvalue weighted by Gasteiger charge is 2.19. The molecule has 2 aliphatic rings. The van der Waals surface area contributed by atoms with Crippen molar-refractivity contribution >= 4 is 5.91 Å². The smallest absolute Gasteiger partial charge is 0.258 e. The molecule has 0 spiro atoms. The molecule has 3 heterocycles. The predicted octanol–water partition coefficient (Wildman–Crippen LogP) is 1.96. The molecule has 2 aliphatic heterocycles. The second kappa shape index (κ2) is 11.4. The number of fused-ring (bicyclic) bond motifs is 1. The third-order valence-corrected chi connectivity index (χ3v) is 6.18. The maximum absolute atomic E-state index is 12.2. The molecule has 2 aromatic rings. The van der Waals surface area contributed by atoms with Gasteiger partial charge in [-0.1, -0.05) is 30.3 Å². The first-order valence-corrected chi connectivity index (χ1v) is 11.6. The number of pyridine rings is 1. The third-order valence-electron chi connectivity index (χ3n) is 6.18. The minimum Gasteiger partial charge on any atom is -0.468 e. The number of aliphatic hydroxyl groups excluding tert-OH is 1. The number of carbonyl (C=O) groups excluding carboxylic acids is 1. The zero-order valence-electron chi connectivity index (χ0n) is 18.5. The maximum Gasteiger partial charge on any atom is 0.258 e. The highest BCUT2D eigenvalue weighted by molar-refractivity contribution is 5.77. The van der Waals surface area contributed by atoms with Crippen LogP contribution in [0.4, 0.5) is 0 Å². The zero-order chi connectivity index (χ0) is 22.2. The summed E-state index contributed by atoms with van der Waals surface area (Å²) in [7, 11) is 0. The number of amides is 1. The lowest BCUT2D eigenvalue weighted by atomic mass is 9.95. The fourth-order valence-electron chi connectivity index (χ4n) is 4.39. The minimum atomic E-state index is -0.620. The molecule has 0 bridgehead atoms. The number of hydrogen-bond acceptors (Lipinski definition) is 6. The van der Waals surface area contributed by atoms with E-state index >= 15 is 0 Å². The average Bonchev–Trinajstić information content (AvgIpc) is 2.82. The van der Waals surface area contributed by atoms with E-state index in [1.807, 2.05) is 12.1 Å². The number of ether oxygens (including phenoxy) is 2. The molecule has 1 amide bonds. The first kappa shape index (κ1) is 22.7. The van der Waals surface area contributed by atoms with Crippen molar-refractivity contribution in [2.45, 2.75) is 38.3 Å². The van der Waals surface area contributed by atoms with Gasteiger partial charge >= 0.3 is 0 Å². The van der Waals surface area contributed by atoms with Crippen molar-refractivity contribution in [2.75, 3.05) is 39.5 Å². The van der Waals surface area contributed by atoms with Crippen LogP contribution in [0.2, 0.25) is 0 Å². The van der Waals surface area contributed by atoms with Crippen LogP contribution < -0.4 is 10.1 Å². The summed E-state index contributed by atoms with van der Waals surface area (Å²) in [5.74, 6) is 0.784. The second-order valence-electron chi connectivity index (χ2n) is 8.73. The summed E-state index contributed by atoms with van der Waals surface area (Å²) >= 11 is 0. The monoisotopic (exact) mass is 439 g/mol. The van der Waals surface area contributed by atoms with Gasteiger partial charge in [0.25, 0.3) is 5.91 Å². The van der Waals surface area contributed by atoms with Crippen molar-refractivity contribution in [3.8, 4) is 5.88 Å². The Morgan fingerprint density at radius 2 is 2.00 bits per heavy atom. The summed E-state index contributed by atoms with van der Waals surface area (Å²) in [6.07, 6.45) is 3.39. The number of carbonyl (C=O) groups is 1. The molecule has 1 saturated heterocycles. The zero-order valence-corrected chi connectivity index (χ0v) is 18.5. The van der Waals surface area contributed by atoms with Gasteiger partial charge in [-0.3, -0.25) is 9.69 Å². The van der Waals surface area contributed by atoms with Gasteiger partial charge in [-0.15, -0.1) is 0 Å². The van der Waals surface area contributed by atoms with E-state index in [9.17, 15) is 9.90 Å². The molecule has 1 fully saturated rings. The summed E-state index contributed by atoms with van der Waals surface area (Å²) in [5, 5.41) is 13.1. The minimum absolute atomic E-state index is 0.114. The summed E-state index contributed by atoms with van der Waals surface area (Å²) in [5.41, 5.74) is 3.68. The maximum atomic E-state index is 12.2. The largest absolute Gasteiger partial charge is 0.468 e. The van der Waals surface area contributed by atoms with E-state index < -0.39 is 6.10 Å². The molecule has 7 nitrogen and oxygen atoms in total. The highest BCUT2D eigenvalue weighted by atomic mass is 16.5. The van der Waals surface area contributed by atoms with Crippen molar-refractivity contribution in [2.24, 2.45) is 5.92 Å². The van der Waals surface area contributed by atoms with Gasteiger partial charge in [0.15, 0.2) is 6.61 Å². The van der Waals surface area contributed by atoms with Gasteiger partial charge in [-0.2, -0.15) is 0 Å². The molecule has 1 atom stereocenters. The predicted molar refractivity (Wildman–Crippen MR) is 121 cm³/mol. The first-order valence-electron chi connectivity index (χ1n) is 11.6. The van der Waals surface area contributed by atoms with Crippen LogP contribution >= 0.6 is 0 Å². The van der Waals surface area contributed by atoms with Gasteiger partial charge in [-0.25, -0.2) is 4.98 Å². The number of β-amino-alcohol motifs (C(OH)–C–C–N with tert-alkyl or cyclic N) is 1. The average molecular weight is 440 g/mol. The van der Waals surface area contributed by atoms with Gasteiger partial charge in [0, 0.05) is 51.2 Å². The second-order valence-corrected chi connectivity index (χ2v) is 8.73. The van der Waals surface area contributed by atoms with Gasteiger partial charge in [0.1, 0.15) is 0 Å². The molecule has 1 aromatic heterocycles. The quantitative estimate of drug-likeness (QED) is 0.622. The van der Waals surface area contributed by atoms with E-state index in [0.29, 0.717) is 18.3 Å². The standard InChI is InChI=1S/C25H33N3O4/c29-23(17-28-11-8-20-4-1-2-5-21(20)16-28)15-26-24(30)18-32-25-7-3-6-22(27-25)14-19-9-12-31-13-10-19/h1-7,19,23,29H,8-18H2,(H,26,30). The SMILES string of the molecule is O=C(COc1cccc(CC2CCOCC2)n1)NCC(O)CN1CCc2ccccc2C1. The van der Waals surface area contributed by atoms with Gasteiger partial charge < -0.3 is 19.9 Å². The number of aromatic nitrogens is 1. The van der Waals surface area contributed by atoms with E-state index in [-0.39, 0.29) is 19.1 Å². The van der Waals surface area contributed by atoms with Crippen LogP contribution in [0.15, 0.2) is 42.5 Å². The van der Waals surface area contributed by atoms with Crippen molar-refractivity contribution in [3.05, 3.63) is 59.3 Å². The number of nitrogens with one attached hydrogen (secondary N) is 1. The molecule has 4 rings (SSSR count). The normalized spacial score (nSPS) is 18.0. The Morgan fingerprint density at radius 1 is 1.19 bits per heavy atom. The Morgan fingerprint density at radius 3 is 2.84 bits per heavy atom. The number of aliphatic hydroxyl groups is 1. The third kappa shape index (κ3) is 6.76. The van der Waals surface area contributed by atoms with Crippen molar-refractivity contribution in [3.63, 3.8) is 0 Å². The molecule has 1 unspecified atom stereocenters. The van der Waals surface area contributed by atoms with E-state index in [0.717, 1.165) is 57.7 Å². The van der Waals surface area contributed by atoms with Crippen LogP contribution in [0.5, 0.6) is 5.88 Å². The molecule has 1 aromatic carbocycles. The van der Waals surface area contributed by atoms with E-state index in [4.69, 9.17) is 9.47 Å². The Hall–Kier alpha value is -2.48. The lowest BCUT2D eigenvalue weighted by Gasteiger charge is -2.30. The van der Waals surface area contributed by atoms with Crippen LogP contribution in [0, 0.1) is 5.92 Å². The molecule has 172 valence electrons. The van der Waals surface area contributed by atoms with Crippen molar-refractivity contribution in [1.82, 2.24) is 15.2 Å². The lowest BCUT2D eigenvalue weighted by Crippen LogP contribution is -2.42. The van der Waals surface area contributed by atoms with Crippen molar-refractivity contribution < 1.29 is 19.4 Å². The molecule has 2 N–H and O–H groups in total. The van der Waals surface area contributed by atoms with Crippen LogP contribution in [0.1, 0.15) is 29.7 Å². The van der Waals surface area contributed by atoms with Crippen LogP contribution in [-0.2, 0) is 28.9 Å². The Balaban J connectivity index is 1.16.